The molecule has 0 radical (unpaired) electrons. The number of rotatable bonds is 6. The average Bonchev–Trinajstić information content (AvgIpc) is 3.18. The lowest BCUT2D eigenvalue weighted by Gasteiger charge is -2.14. The van der Waals surface area contributed by atoms with E-state index in [4.69, 9.17) is 11.6 Å². The van der Waals surface area contributed by atoms with Gasteiger partial charge >= 0.3 is 0 Å². The van der Waals surface area contributed by atoms with Crippen LogP contribution >= 0.6 is 23.4 Å². The lowest BCUT2D eigenvalue weighted by atomic mass is 10.1. The number of aromatic nitrogens is 3. The molecular weight excluding hydrogens is 390 g/mol. The second-order valence-corrected chi connectivity index (χ2v) is 7.55. The first-order valence-electron chi connectivity index (χ1n) is 8.84. The van der Waals surface area contributed by atoms with Crippen molar-refractivity contribution in [2.24, 2.45) is 0 Å². The van der Waals surface area contributed by atoms with Crippen molar-refractivity contribution in [3.8, 4) is 5.69 Å². The molecule has 140 valence electrons. The third-order valence-electron chi connectivity index (χ3n) is 4.35. The minimum Gasteiger partial charge on any atom is -0.380 e. The maximum Gasteiger partial charge on any atom is 0.196 e. The summed E-state index contributed by atoms with van der Waals surface area (Å²) in [4.78, 5) is 0. The molecule has 6 heteroatoms. The van der Waals surface area contributed by atoms with E-state index in [9.17, 15) is 5.11 Å². The number of thioether (sulfide) groups is 1. The molecule has 1 N–H and O–H groups in total. The van der Waals surface area contributed by atoms with Gasteiger partial charge in [-0.2, -0.15) is 0 Å². The number of hydrogen-bond donors (Lipinski definition) is 1. The molecule has 0 aliphatic carbocycles. The molecule has 0 saturated heterocycles. The highest BCUT2D eigenvalue weighted by molar-refractivity contribution is 7.98. The van der Waals surface area contributed by atoms with Crippen molar-refractivity contribution in [3.63, 3.8) is 0 Å². The van der Waals surface area contributed by atoms with Crippen molar-refractivity contribution in [3.05, 3.63) is 107 Å². The highest BCUT2D eigenvalue weighted by Crippen LogP contribution is 2.31. The second-order valence-electron chi connectivity index (χ2n) is 6.21. The summed E-state index contributed by atoms with van der Waals surface area (Å²) in [6, 6.07) is 27.1. The van der Waals surface area contributed by atoms with Gasteiger partial charge in [-0.05, 0) is 29.3 Å². The molecule has 4 aromatic rings. The molecule has 4 nitrogen and oxygen atoms in total. The van der Waals surface area contributed by atoms with E-state index >= 15 is 0 Å². The Labute approximate surface area is 172 Å². The molecule has 0 unspecified atom stereocenters. The first-order chi connectivity index (χ1) is 13.7. The van der Waals surface area contributed by atoms with E-state index in [1.807, 2.05) is 89.5 Å². The summed E-state index contributed by atoms with van der Waals surface area (Å²) in [5.74, 6) is 1.14. The fourth-order valence-electron chi connectivity index (χ4n) is 2.91. The average molecular weight is 408 g/mol. The van der Waals surface area contributed by atoms with Crippen LogP contribution in [0.5, 0.6) is 0 Å². The Morgan fingerprint density at radius 1 is 0.857 bits per heavy atom. The largest absolute Gasteiger partial charge is 0.380 e. The van der Waals surface area contributed by atoms with Crippen molar-refractivity contribution in [2.45, 2.75) is 17.0 Å². The van der Waals surface area contributed by atoms with Crippen LogP contribution in [0, 0.1) is 0 Å². The molecule has 0 aliphatic rings. The van der Waals surface area contributed by atoms with E-state index in [2.05, 4.69) is 10.2 Å². The Morgan fingerprint density at radius 3 is 2.21 bits per heavy atom. The minimum atomic E-state index is -0.872. The molecule has 0 aliphatic heterocycles. The molecule has 1 atom stereocenters. The zero-order valence-electron chi connectivity index (χ0n) is 14.9. The number of nitrogens with zero attached hydrogens (tertiary/aromatic N) is 3. The fourth-order valence-corrected chi connectivity index (χ4v) is 4.16. The summed E-state index contributed by atoms with van der Waals surface area (Å²) in [7, 11) is 0. The molecule has 0 saturated carbocycles. The van der Waals surface area contributed by atoms with Gasteiger partial charge in [-0.25, -0.2) is 0 Å². The minimum absolute atomic E-state index is 0.485. The third kappa shape index (κ3) is 3.97. The molecular formula is C22H18ClN3OS. The number of aliphatic hydroxyl groups is 1. The van der Waals surface area contributed by atoms with Crippen LogP contribution in [0.25, 0.3) is 5.69 Å². The Hall–Kier alpha value is -2.60. The molecule has 4 rings (SSSR count). The van der Waals surface area contributed by atoms with Crippen molar-refractivity contribution in [2.75, 3.05) is 0 Å². The van der Waals surface area contributed by atoms with Crippen LogP contribution in [0.1, 0.15) is 23.1 Å². The van der Waals surface area contributed by atoms with Crippen LogP contribution in [-0.4, -0.2) is 19.9 Å². The maximum atomic E-state index is 10.9. The Bertz CT molecular complexity index is 1050. The topological polar surface area (TPSA) is 50.9 Å². The van der Waals surface area contributed by atoms with Gasteiger partial charge in [0, 0.05) is 16.5 Å². The van der Waals surface area contributed by atoms with Crippen molar-refractivity contribution < 1.29 is 5.11 Å². The van der Waals surface area contributed by atoms with Crippen LogP contribution in [0.3, 0.4) is 0 Å². The lowest BCUT2D eigenvalue weighted by Crippen LogP contribution is -2.09. The summed E-state index contributed by atoms with van der Waals surface area (Å²) in [5, 5.41) is 21.0. The van der Waals surface area contributed by atoms with Crippen LogP contribution < -0.4 is 0 Å². The molecule has 0 fully saturated rings. The van der Waals surface area contributed by atoms with Gasteiger partial charge in [-0.1, -0.05) is 90.1 Å². The van der Waals surface area contributed by atoms with E-state index < -0.39 is 6.10 Å². The standard InChI is InChI=1S/C22H18ClN3OS/c23-19-14-8-7-11-17(19)15-28-22-25-24-21(20(27)16-9-3-1-4-10-16)26(22)18-12-5-2-6-13-18/h1-14,20,27H,15H2/t20-/m0/s1. The molecule has 1 aromatic heterocycles. The highest BCUT2D eigenvalue weighted by atomic mass is 35.5. The number of halogens is 1. The molecule has 3 aromatic carbocycles. The van der Waals surface area contributed by atoms with Crippen LogP contribution in [0.2, 0.25) is 5.02 Å². The summed E-state index contributed by atoms with van der Waals surface area (Å²) in [6.45, 7) is 0. The lowest BCUT2D eigenvalue weighted by molar-refractivity contribution is 0.207. The van der Waals surface area contributed by atoms with E-state index in [-0.39, 0.29) is 0 Å². The SMILES string of the molecule is O[C@@H](c1ccccc1)c1nnc(SCc2ccccc2Cl)n1-c1ccccc1. The first-order valence-corrected chi connectivity index (χ1v) is 10.2. The van der Waals surface area contributed by atoms with Gasteiger partial charge in [0.2, 0.25) is 0 Å². The maximum absolute atomic E-state index is 10.9. The molecule has 0 amide bonds. The molecule has 0 spiro atoms. The number of para-hydroxylation sites is 1. The zero-order valence-corrected chi connectivity index (χ0v) is 16.5. The fraction of sp³-hybridized carbons (Fsp3) is 0.0909. The quantitative estimate of drug-likeness (QED) is 0.441. The van der Waals surface area contributed by atoms with Gasteiger partial charge in [-0.15, -0.1) is 10.2 Å². The van der Waals surface area contributed by atoms with Crippen LogP contribution in [0.4, 0.5) is 0 Å². The number of benzene rings is 3. The Morgan fingerprint density at radius 2 is 1.50 bits per heavy atom. The zero-order chi connectivity index (χ0) is 19.3. The Balaban J connectivity index is 1.71. The summed E-state index contributed by atoms with van der Waals surface area (Å²) in [6.07, 6.45) is -0.872. The highest BCUT2D eigenvalue weighted by Gasteiger charge is 2.22. The smallest absolute Gasteiger partial charge is 0.196 e. The van der Waals surface area contributed by atoms with Gasteiger partial charge in [0.15, 0.2) is 11.0 Å². The van der Waals surface area contributed by atoms with Crippen molar-refractivity contribution >= 4 is 23.4 Å². The van der Waals surface area contributed by atoms with E-state index in [0.717, 1.165) is 21.8 Å². The third-order valence-corrected chi connectivity index (χ3v) is 5.69. The van der Waals surface area contributed by atoms with Gasteiger partial charge < -0.3 is 5.11 Å². The monoisotopic (exact) mass is 407 g/mol. The normalized spacial score (nSPS) is 12.1. The number of aliphatic hydroxyl groups excluding tert-OH is 1. The number of hydrogen-bond acceptors (Lipinski definition) is 4. The second kappa shape index (κ2) is 8.61. The molecule has 1 heterocycles. The first kappa shape index (κ1) is 18.7. The van der Waals surface area contributed by atoms with Gasteiger partial charge in [-0.3, -0.25) is 4.57 Å². The van der Waals surface area contributed by atoms with Crippen molar-refractivity contribution in [1.29, 1.82) is 0 Å². The predicted molar refractivity (Wildman–Crippen MR) is 113 cm³/mol. The summed E-state index contributed by atoms with van der Waals surface area (Å²) in [5.41, 5.74) is 2.70. The van der Waals surface area contributed by atoms with E-state index in [1.54, 1.807) is 0 Å². The summed E-state index contributed by atoms with van der Waals surface area (Å²) >= 11 is 7.82. The van der Waals surface area contributed by atoms with Gasteiger partial charge in [0.05, 0.1) is 0 Å². The summed E-state index contributed by atoms with van der Waals surface area (Å²) < 4.78 is 1.90. The van der Waals surface area contributed by atoms with Crippen molar-refractivity contribution in [1.82, 2.24) is 14.8 Å². The predicted octanol–water partition coefficient (Wildman–Crippen LogP) is 5.29. The Kier molecular flexibility index (Phi) is 5.76. The molecule has 28 heavy (non-hydrogen) atoms. The van der Waals surface area contributed by atoms with E-state index in [0.29, 0.717) is 16.7 Å². The van der Waals surface area contributed by atoms with Crippen LogP contribution in [0.15, 0.2) is 90.1 Å². The van der Waals surface area contributed by atoms with Gasteiger partial charge in [0.25, 0.3) is 0 Å². The van der Waals surface area contributed by atoms with Crippen LogP contribution in [-0.2, 0) is 5.75 Å². The van der Waals surface area contributed by atoms with E-state index in [1.165, 1.54) is 11.8 Å². The van der Waals surface area contributed by atoms with Gasteiger partial charge in [0.1, 0.15) is 6.10 Å². The molecule has 0 bridgehead atoms.